The van der Waals surface area contributed by atoms with Gasteiger partial charge >= 0.3 is 0 Å². The fourth-order valence-electron chi connectivity index (χ4n) is 4.33. The van der Waals surface area contributed by atoms with Crippen molar-refractivity contribution in [1.82, 2.24) is 4.90 Å². The van der Waals surface area contributed by atoms with Crippen LogP contribution in [0.15, 0.2) is 76.8 Å². The Morgan fingerprint density at radius 3 is 2.32 bits per heavy atom. The monoisotopic (exact) mass is 567 g/mol. The number of nitrogens with zero attached hydrogens (tertiary/aromatic N) is 1. The van der Waals surface area contributed by atoms with Crippen molar-refractivity contribution in [3.8, 4) is 11.5 Å². The summed E-state index contributed by atoms with van der Waals surface area (Å²) in [5.74, 6) is -0.883. The summed E-state index contributed by atoms with van der Waals surface area (Å²) in [5.41, 5.74) is 1.85. The summed E-state index contributed by atoms with van der Waals surface area (Å²) in [5, 5.41) is 11.3. The number of aliphatic hydroxyl groups excluding tert-OH is 1. The minimum atomic E-state index is -0.811. The molecular formula is C29H27BrFNO5. The first-order chi connectivity index (χ1) is 17.7. The standard InChI is InChI=1S/C29H27BrFNO5/c1-17(2)37-22-11-6-19(7-12-22)26-25(27(33)20-8-13-24(36-3)23(30)16-20)28(34)29(35)32(26)15-14-18-4-9-21(31)10-5-18/h4-13,16-17,26,33H,14-15H2,1-3H3/b27-25-. The molecule has 3 aromatic carbocycles. The molecule has 4 rings (SSSR count). The molecule has 1 atom stereocenters. The summed E-state index contributed by atoms with van der Waals surface area (Å²) in [4.78, 5) is 27.9. The van der Waals surface area contributed by atoms with E-state index < -0.39 is 17.7 Å². The van der Waals surface area contributed by atoms with Crippen LogP contribution in [0.4, 0.5) is 4.39 Å². The van der Waals surface area contributed by atoms with Crippen molar-refractivity contribution in [3.63, 3.8) is 0 Å². The Morgan fingerprint density at radius 2 is 1.73 bits per heavy atom. The number of ketones is 1. The molecule has 1 unspecified atom stereocenters. The van der Waals surface area contributed by atoms with Crippen LogP contribution in [0, 0.1) is 5.82 Å². The van der Waals surface area contributed by atoms with Gasteiger partial charge in [-0.05, 0) is 89.8 Å². The molecule has 0 aromatic heterocycles. The zero-order valence-electron chi connectivity index (χ0n) is 20.7. The van der Waals surface area contributed by atoms with Gasteiger partial charge in [0, 0.05) is 12.1 Å². The van der Waals surface area contributed by atoms with E-state index in [-0.39, 0.29) is 29.8 Å². The molecule has 1 amide bonds. The lowest BCUT2D eigenvalue weighted by molar-refractivity contribution is -0.139. The van der Waals surface area contributed by atoms with E-state index in [0.29, 0.717) is 33.5 Å². The fourth-order valence-corrected chi connectivity index (χ4v) is 4.87. The second-order valence-electron chi connectivity index (χ2n) is 8.95. The molecule has 1 aliphatic heterocycles. The first-order valence-electron chi connectivity index (χ1n) is 11.8. The summed E-state index contributed by atoms with van der Waals surface area (Å²) < 4.78 is 24.9. The van der Waals surface area contributed by atoms with E-state index in [9.17, 15) is 19.1 Å². The number of rotatable bonds is 8. The van der Waals surface area contributed by atoms with Crippen LogP contribution in [-0.4, -0.2) is 41.5 Å². The molecule has 0 spiro atoms. The molecule has 6 nitrogen and oxygen atoms in total. The highest BCUT2D eigenvalue weighted by atomic mass is 79.9. The first-order valence-corrected chi connectivity index (χ1v) is 12.6. The molecule has 0 bridgehead atoms. The van der Waals surface area contributed by atoms with Gasteiger partial charge < -0.3 is 19.5 Å². The van der Waals surface area contributed by atoms with Gasteiger partial charge in [-0.25, -0.2) is 4.39 Å². The SMILES string of the molecule is COc1ccc(/C(O)=C2/C(=O)C(=O)N(CCc3ccc(F)cc3)C2c2ccc(OC(C)C)cc2)cc1Br. The number of hydrogen-bond acceptors (Lipinski definition) is 5. The average Bonchev–Trinajstić information content (AvgIpc) is 3.13. The van der Waals surface area contributed by atoms with E-state index in [1.807, 2.05) is 13.8 Å². The number of Topliss-reactive ketones (excluding diaryl/α,β-unsaturated/α-hetero) is 1. The van der Waals surface area contributed by atoms with Crippen molar-refractivity contribution >= 4 is 33.4 Å². The summed E-state index contributed by atoms with van der Waals surface area (Å²) in [6, 6.07) is 17.3. The maximum atomic E-state index is 13.3. The normalized spacial score (nSPS) is 16.9. The van der Waals surface area contributed by atoms with Crippen LogP contribution in [0.5, 0.6) is 11.5 Å². The third kappa shape index (κ3) is 5.69. The molecule has 0 aliphatic carbocycles. The highest BCUT2D eigenvalue weighted by Gasteiger charge is 2.45. The third-order valence-electron chi connectivity index (χ3n) is 6.09. The Morgan fingerprint density at radius 1 is 1.05 bits per heavy atom. The molecule has 1 saturated heterocycles. The van der Waals surface area contributed by atoms with Crippen molar-refractivity contribution in [1.29, 1.82) is 0 Å². The van der Waals surface area contributed by atoms with Gasteiger partial charge in [0.2, 0.25) is 0 Å². The Labute approximate surface area is 223 Å². The number of benzene rings is 3. The van der Waals surface area contributed by atoms with Crippen LogP contribution in [0.3, 0.4) is 0 Å². The zero-order valence-corrected chi connectivity index (χ0v) is 22.3. The van der Waals surface area contributed by atoms with E-state index >= 15 is 0 Å². The number of halogens is 2. The maximum Gasteiger partial charge on any atom is 0.295 e. The van der Waals surface area contributed by atoms with Crippen molar-refractivity contribution < 1.29 is 28.6 Å². The predicted molar refractivity (Wildman–Crippen MR) is 142 cm³/mol. The highest BCUT2D eigenvalue weighted by molar-refractivity contribution is 9.10. The lowest BCUT2D eigenvalue weighted by Gasteiger charge is -2.25. The van der Waals surface area contributed by atoms with Gasteiger partial charge in [0.1, 0.15) is 23.1 Å². The van der Waals surface area contributed by atoms with E-state index in [4.69, 9.17) is 9.47 Å². The summed E-state index contributed by atoms with van der Waals surface area (Å²) in [6.45, 7) is 4.05. The number of hydrogen-bond donors (Lipinski definition) is 1. The van der Waals surface area contributed by atoms with Gasteiger partial charge in [-0.3, -0.25) is 9.59 Å². The van der Waals surface area contributed by atoms with Gasteiger partial charge in [0.25, 0.3) is 11.7 Å². The molecule has 1 N–H and O–H groups in total. The first kappa shape index (κ1) is 26.4. The summed E-state index contributed by atoms with van der Waals surface area (Å²) in [6.07, 6.45) is 0.396. The number of likely N-dealkylation sites (tertiary alicyclic amines) is 1. The van der Waals surface area contributed by atoms with Gasteiger partial charge in [-0.2, -0.15) is 0 Å². The Hall–Kier alpha value is -3.65. The molecule has 1 fully saturated rings. The molecule has 3 aromatic rings. The van der Waals surface area contributed by atoms with E-state index in [0.717, 1.165) is 5.56 Å². The summed E-state index contributed by atoms with van der Waals surface area (Å²) >= 11 is 3.40. The van der Waals surface area contributed by atoms with Crippen LogP contribution in [0.2, 0.25) is 0 Å². The van der Waals surface area contributed by atoms with Crippen LogP contribution in [0.1, 0.15) is 36.6 Å². The second kappa shape index (κ2) is 11.2. The molecule has 0 radical (unpaired) electrons. The molecule has 1 heterocycles. The van der Waals surface area contributed by atoms with E-state index in [1.165, 1.54) is 24.1 Å². The van der Waals surface area contributed by atoms with Gasteiger partial charge in [0.05, 0.1) is 29.3 Å². The smallest absolute Gasteiger partial charge is 0.295 e. The van der Waals surface area contributed by atoms with Crippen molar-refractivity contribution in [2.24, 2.45) is 0 Å². The largest absolute Gasteiger partial charge is 0.507 e. The van der Waals surface area contributed by atoms with Gasteiger partial charge in [0.15, 0.2) is 0 Å². The highest BCUT2D eigenvalue weighted by Crippen LogP contribution is 2.40. The van der Waals surface area contributed by atoms with Gasteiger partial charge in [-0.15, -0.1) is 0 Å². The minimum absolute atomic E-state index is 0.00120. The third-order valence-corrected chi connectivity index (χ3v) is 6.71. The van der Waals surface area contributed by atoms with Gasteiger partial charge in [-0.1, -0.05) is 24.3 Å². The van der Waals surface area contributed by atoms with Crippen molar-refractivity contribution in [2.45, 2.75) is 32.4 Å². The molecular weight excluding hydrogens is 541 g/mol. The number of aliphatic hydroxyl groups is 1. The van der Waals surface area contributed by atoms with Crippen LogP contribution < -0.4 is 9.47 Å². The Kier molecular flexibility index (Phi) is 7.97. The lowest BCUT2D eigenvalue weighted by Crippen LogP contribution is -2.31. The van der Waals surface area contributed by atoms with Crippen molar-refractivity contribution in [3.05, 3.63) is 99.3 Å². The van der Waals surface area contributed by atoms with E-state index in [1.54, 1.807) is 54.6 Å². The number of ether oxygens (including phenoxy) is 2. The number of carbonyl (C=O) groups is 2. The minimum Gasteiger partial charge on any atom is -0.507 e. The summed E-state index contributed by atoms with van der Waals surface area (Å²) in [7, 11) is 1.53. The maximum absolute atomic E-state index is 13.3. The Bertz CT molecular complexity index is 1340. The quantitative estimate of drug-likeness (QED) is 0.204. The van der Waals surface area contributed by atoms with Crippen LogP contribution in [0.25, 0.3) is 5.76 Å². The molecule has 192 valence electrons. The molecule has 8 heteroatoms. The second-order valence-corrected chi connectivity index (χ2v) is 9.81. The fraction of sp³-hybridized carbons (Fsp3) is 0.241. The van der Waals surface area contributed by atoms with Crippen LogP contribution >= 0.6 is 15.9 Å². The van der Waals surface area contributed by atoms with Crippen LogP contribution in [-0.2, 0) is 16.0 Å². The number of amides is 1. The molecule has 1 aliphatic rings. The predicted octanol–water partition coefficient (Wildman–Crippen LogP) is 6.05. The van der Waals surface area contributed by atoms with Crippen molar-refractivity contribution in [2.75, 3.05) is 13.7 Å². The average molecular weight is 568 g/mol. The molecule has 0 saturated carbocycles. The Balaban J connectivity index is 1.76. The number of methoxy groups -OCH3 is 1. The topological polar surface area (TPSA) is 76.1 Å². The zero-order chi connectivity index (χ0) is 26.7. The lowest BCUT2D eigenvalue weighted by atomic mass is 9.95. The molecule has 37 heavy (non-hydrogen) atoms. The number of carbonyl (C=O) groups excluding carboxylic acids is 2. The van der Waals surface area contributed by atoms with E-state index in [2.05, 4.69) is 15.9 Å².